The molecule has 0 bridgehead atoms. The second kappa shape index (κ2) is 6.28. The lowest BCUT2D eigenvalue weighted by molar-refractivity contribution is 0.0319. The number of carbonyl (C=O) groups excluding carboxylic acids is 2. The van der Waals surface area contributed by atoms with Crippen LogP contribution in [0.5, 0.6) is 0 Å². The van der Waals surface area contributed by atoms with Crippen molar-refractivity contribution in [3.63, 3.8) is 0 Å². The van der Waals surface area contributed by atoms with Crippen molar-refractivity contribution in [2.24, 2.45) is 0 Å². The Hall–Kier alpha value is -2.95. The first-order chi connectivity index (χ1) is 11.5. The highest BCUT2D eigenvalue weighted by molar-refractivity contribution is 6.10. The van der Waals surface area contributed by atoms with Crippen molar-refractivity contribution >= 4 is 22.7 Å². The Morgan fingerprint density at radius 1 is 1.17 bits per heavy atom. The zero-order valence-electron chi connectivity index (χ0n) is 13.3. The minimum absolute atomic E-state index is 0.0803. The summed E-state index contributed by atoms with van der Waals surface area (Å²) in [7, 11) is 0. The van der Waals surface area contributed by atoms with E-state index in [9.17, 15) is 14.0 Å². The number of halogens is 1. The van der Waals surface area contributed by atoms with Gasteiger partial charge in [0.2, 0.25) is 5.78 Å². The van der Waals surface area contributed by atoms with E-state index in [4.69, 9.17) is 4.74 Å². The largest absolute Gasteiger partial charge is 0.451 e. The van der Waals surface area contributed by atoms with Crippen LogP contribution < -0.4 is 0 Å². The fourth-order valence-corrected chi connectivity index (χ4v) is 2.50. The molecule has 0 aliphatic rings. The average molecular weight is 325 g/mol. The number of rotatable bonds is 4. The number of esters is 1. The van der Waals surface area contributed by atoms with E-state index in [-0.39, 0.29) is 11.3 Å². The van der Waals surface area contributed by atoms with Gasteiger partial charge in [-0.3, -0.25) is 4.79 Å². The first-order valence-corrected chi connectivity index (χ1v) is 7.55. The summed E-state index contributed by atoms with van der Waals surface area (Å²) in [6.45, 7) is 3.11. The quantitative estimate of drug-likeness (QED) is 0.582. The topological polar surface area (TPSA) is 59.2 Å². The number of aryl methyl sites for hydroxylation is 1. The molecular weight excluding hydrogens is 309 g/mol. The lowest BCUT2D eigenvalue weighted by Gasteiger charge is -2.12. The Balaban J connectivity index is 1.78. The first kappa shape index (κ1) is 15.9. The minimum Gasteiger partial charge on any atom is -0.451 e. The zero-order chi connectivity index (χ0) is 17.3. The highest BCUT2D eigenvalue weighted by atomic mass is 19.1. The van der Waals surface area contributed by atoms with Crippen LogP contribution in [0.2, 0.25) is 0 Å². The van der Waals surface area contributed by atoms with Crippen LogP contribution in [0.15, 0.2) is 48.7 Å². The highest BCUT2D eigenvalue weighted by Crippen LogP contribution is 2.20. The summed E-state index contributed by atoms with van der Waals surface area (Å²) in [5.41, 5.74) is 1.81. The number of carbonyl (C=O) groups is 2. The van der Waals surface area contributed by atoms with Gasteiger partial charge < -0.3 is 9.72 Å². The third kappa shape index (κ3) is 2.93. The number of hydrogen-bond acceptors (Lipinski definition) is 3. The van der Waals surface area contributed by atoms with Crippen LogP contribution in [0.3, 0.4) is 0 Å². The average Bonchev–Trinajstić information content (AvgIpc) is 3.00. The Morgan fingerprint density at radius 3 is 2.67 bits per heavy atom. The van der Waals surface area contributed by atoms with E-state index in [0.717, 1.165) is 17.0 Å². The number of ether oxygens (including phenoxy) is 1. The number of fused-ring (bicyclic) bond motifs is 1. The van der Waals surface area contributed by atoms with Crippen LogP contribution in [-0.4, -0.2) is 22.8 Å². The molecule has 3 rings (SSSR count). The maximum Gasteiger partial charge on any atom is 0.338 e. The van der Waals surface area contributed by atoms with Gasteiger partial charge in [0.05, 0.1) is 5.56 Å². The van der Waals surface area contributed by atoms with Crippen molar-refractivity contribution in [1.29, 1.82) is 0 Å². The number of benzene rings is 2. The fourth-order valence-electron chi connectivity index (χ4n) is 2.50. The molecule has 0 amide bonds. The maximum atomic E-state index is 13.6. The molecule has 122 valence electrons. The molecule has 0 spiro atoms. The zero-order valence-corrected chi connectivity index (χ0v) is 13.3. The maximum absolute atomic E-state index is 13.6. The number of Topliss-reactive ketones (excluding diaryl/α,β-unsaturated/α-hetero) is 1. The molecule has 0 aliphatic heterocycles. The van der Waals surface area contributed by atoms with Crippen molar-refractivity contribution in [2.45, 2.75) is 20.0 Å². The van der Waals surface area contributed by atoms with Crippen LogP contribution in [0.25, 0.3) is 10.9 Å². The molecule has 4 nitrogen and oxygen atoms in total. The molecule has 3 aromatic rings. The predicted octanol–water partition coefficient (Wildman–Crippen LogP) is 4.04. The van der Waals surface area contributed by atoms with Gasteiger partial charge in [0, 0.05) is 22.7 Å². The Bertz CT molecular complexity index is 929. The molecule has 0 saturated heterocycles. The summed E-state index contributed by atoms with van der Waals surface area (Å²) in [6, 6.07) is 11.5. The van der Waals surface area contributed by atoms with Crippen LogP contribution in [0, 0.1) is 12.7 Å². The predicted molar refractivity (Wildman–Crippen MR) is 88.6 cm³/mol. The van der Waals surface area contributed by atoms with E-state index in [1.807, 2.05) is 24.3 Å². The van der Waals surface area contributed by atoms with Crippen molar-refractivity contribution in [3.8, 4) is 0 Å². The van der Waals surface area contributed by atoms with Crippen LogP contribution in [-0.2, 0) is 4.74 Å². The van der Waals surface area contributed by atoms with Gasteiger partial charge in [-0.05, 0) is 37.6 Å². The van der Waals surface area contributed by atoms with Crippen molar-refractivity contribution < 1.29 is 18.7 Å². The van der Waals surface area contributed by atoms with Crippen molar-refractivity contribution in [2.75, 3.05) is 0 Å². The fraction of sp³-hybridized carbons (Fsp3) is 0.158. The van der Waals surface area contributed by atoms with Crippen molar-refractivity contribution in [3.05, 3.63) is 71.2 Å². The summed E-state index contributed by atoms with van der Waals surface area (Å²) in [4.78, 5) is 27.7. The Labute approximate surface area is 138 Å². The van der Waals surface area contributed by atoms with E-state index < -0.39 is 17.9 Å². The molecule has 24 heavy (non-hydrogen) atoms. The molecule has 0 aliphatic carbocycles. The molecule has 0 fully saturated rings. The van der Waals surface area contributed by atoms with E-state index >= 15 is 0 Å². The van der Waals surface area contributed by atoms with Gasteiger partial charge in [-0.15, -0.1) is 0 Å². The number of H-pyrrole nitrogens is 1. The molecule has 0 saturated carbocycles. The lowest BCUT2D eigenvalue weighted by Crippen LogP contribution is -2.24. The molecule has 1 aromatic heterocycles. The van der Waals surface area contributed by atoms with E-state index in [1.54, 1.807) is 13.1 Å². The summed E-state index contributed by atoms with van der Waals surface area (Å²) in [5, 5.41) is 0.770. The third-order valence-corrected chi connectivity index (χ3v) is 3.92. The van der Waals surface area contributed by atoms with Crippen LogP contribution in [0.4, 0.5) is 4.39 Å². The third-order valence-electron chi connectivity index (χ3n) is 3.92. The molecule has 2 aromatic carbocycles. The van der Waals surface area contributed by atoms with Gasteiger partial charge in [-0.2, -0.15) is 0 Å². The van der Waals surface area contributed by atoms with E-state index in [1.165, 1.54) is 19.1 Å². The number of nitrogens with one attached hydrogen (secondary N) is 1. The number of aromatic amines is 1. The molecule has 1 N–H and O–H groups in total. The molecule has 0 radical (unpaired) electrons. The van der Waals surface area contributed by atoms with Gasteiger partial charge in [0.15, 0.2) is 6.10 Å². The summed E-state index contributed by atoms with van der Waals surface area (Å²) in [5.74, 6) is -1.52. The van der Waals surface area contributed by atoms with E-state index in [0.29, 0.717) is 11.1 Å². The SMILES string of the molecule is Cc1ccc(C(=O)O[C@H](C)C(=O)c2c[nH]c3ccccc23)cc1F. The first-order valence-electron chi connectivity index (χ1n) is 7.55. The Kier molecular flexibility index (Phi) is 4.16. The molecule has 1 atom stereocenters. The number of hydrogen-bond donors (Lipinski definition) is 1. The molecule has 0 unspecified atom stereocenters. The number of ketones is 1. The lowest BCUT2D eigenvalue weighted by atomic mass is 10.1. The summed E-state index contributed by atoms with van der Waals surface area (Å²) in [6.07, 6.45) is 0.629. The number of para-hydroxylation sites is 1. The molecule has 5 heteroatoms. The van der Waals surface area contributed by atoms with Gasteiger partial charge in [-0.25, -0.2) is 9.18 Å². The van der Waals surface area contributed by atoms with Gasteiger partial charge in [-0.1, -0.05) is 24.3 Å². The van der Waals surface area contributed by atoms with Crippen molar-refractivity contribution in [1.82, 2.24) is 4.98 Å². The molecular formula is C19H16FNO3. The monoisotopic (exact) mass is 325 g/mol. The van der Waals surface area contributed by atoms with Gasteiger partial charge in [0.25, 0.3) is 0 Å². The summed E-state index contributed by atoms with van der Waals surface area (Å²) >= 11 is 0. The smallest absolute Gasteiger partial charge is 0.338 e. The molecule has 1 heterocycles. The van der Waals surface area contributed by atoms with Crippen LogP contribution in [0.1, 0.15) is 33.2 Å². The summed E-state index contributed by atoms with van der Waals surface area (Å²) < 4.78 is 18.8. The normalized spacial score (nSPS) is 12.1. The van der Waals surface area contributed by atoms with E-state index in [2.05, 4.69) is 4.98 Å². The second-order valence-electron chi connectivity index (χ2n) is 5.62. The standard InChI is InChI=1S/C19H16FNO3/c1-11-7-8-13(9-16(11)20)19(23)24-12(2)18(22)15-10-21-17-6-4-3-5-14(15)17/h3-10,12,21H,1-2H3/t12-/m1/s1. The van der Waals surface area contributed by atoms with Gasteiger partial charge >= 0.3 is 5.97 Å². The second-order valence-corrected chi connectivity index (χ2v) is 5.62. The van der Waals surface area contributed by atoms with Gasteiger partial charge in [0.1, 0.15) is 5.82 Å². The van der Waals surface area contributed by atoms with Crippen LogP contribution >= 0.6 is 0 Å². The minimum atomic E-state index is -0.971. The number of aromatic nitrogens is 1. The Morgan fingerprint density at radius 2 is 1.92 bits per heavy atom. The highest BCUT2D eigenvalue weighted by Gasteiger charge is 2.23.